The van der Waals surface area contributed by atoms with Gasteiger partial charge in [-0.2, -0.15) is 0 Å². The number of carbonyl (C=O) groups excluding carboxylic acids is 2. The van der Waals surface area contributed by atoms with Gasteiger partial charge in [0.1, 0.15) is 6.10 Å². The second-order valence-electron chi connectivity index (χ2n) is 20.5. The first-order chi connectivity index (χ1) is 19.3. The lowest BCUT2D eigenvalue weighted by atomic mass is 9.59. The third-order valence-corrected chi connectivity index (χ3v) is 10.2. The van der Waals surface area contributed by atoms with Crippen molar-refractivity contribution in [3.05, 3.63) is 0 Å². The monoisotopic (exact) mass is 623 g/mol. The molecule has 0 heterocycles. The Hall–Kier alpha value is -1.06. The molecule has 1 aliphatic carbocycles. The molecule has 0 aromatic rings. The third kappa shape index (κ3) is 13.0. The molecule has 0 aromatic carbocycles. The summed E-state index contributed by atoms with van der Waals surface area (Å²) in [7, 11) is 0. The number of hydrogen-bond donors (Lipinski definition) is 0. The van der Waals surface area contributed by atoms with Crippen LogP contribution < -0.4 is 0 Å². The summed E-state index contributed by atoms with van der Waals surface area (Å²) in [5, 5.41) is 0. The first kappa shape index (κ1) is 42.9. The van der Waals surface area contributed by atoms with Crippen LogP contribution in [0.4, 0.5) is 0 Å². The summed E-state index contributed by atoms with van der Waals surface area (Å²) in [6, 6.07) is 0. The highest BCUT2D eigenvalue weighted by molar-refractivity contribution is 5.77. The highest BCUT2D eigenvalue weighted by Crippen LogP contribution is 2.51. The summed E-state index contributed by atoms with van der Waals surface area (Å²) in [4.78, 5) is 25.8. The van der Waals surface area contributed by atoms with E-state index >= 15 is 0 Å². The van der Waals surface area contributed by atoms with Crippen LogP contribution in [-0.2, 0) is 19.1 Å². The molecule has 44 heavy (non-hydrogen) atoms. The number of hydrogen-bond acceptors (Lipinski definition) is 4. The molecule has 0 radical (unpaired) electrons. The first-order valence-electron chi connectivity index (χ1n) is 17.7. The molecule has 1 fully saturated rings. The van der Waals surface area contributed by atoms with E-state index in [2.05, 4.69) is 125 Å². The minimum atomic E-state index is -0.452. The second kappa shape index (κ2) is 15.2. The van der Waals surface area contributed by atoms with Crippen LogP contribution in [-0.4, -0.2) is 24.1 Å². The van der Waals surface area contributed by atoms with Crippen LogP contribution in [0.2, 0.25) is 0 Å². The lowest BCUT2D eigenvalue weighted by Crippen LogP contribution is -2.51. The highest BCUT2D eigenvalue weighted by Gasteiger charge is 2.50. The van der Waals surface area contributed by atoms with Gasteiger partial charge in [0.25, 0.3) is 0 Å². The van der Waals surface area contributed by atoms with Crippen molar-refractivity contribution in [2.24, 2.45) is 62.1 Å². The van der Waals surface area contributed by atoms with Gasteiger partial charge in [-0.25, -0.2) is 0 Å². The molecule has 1 rings (SSSR count). The van der Waals surface area contributed by atoms with Gasteiger partial charge in [-0.1, -0.05) is 118 Å². The van der Waals surface area contributed by atoms with Crippen molar-refractivity contribution in [1.29, 1.82) is 0 Å². The summed E-state index contributed by atoms with van der Waals surface area (Å²) in [5.41, 5.74) is -0.363. The van der Waals surface area contributed by atoms with Gasteiger partial charge in [0, 0.05) is 11.8 Å². The number of carbonyl (C=O) groups is 2. The summed E-state index contributed by atoms with van der Waals surface area (Å²) < 4.78 is 11.9. The zero-order chi connectivity index (χ0) is 35.4. The fourth-order valence-corrected chi connectivity index (χ4v) is 7.20. The fourth-order valence-electron chi connectivity index (χ4n) is 7.20. The van der Waals surface area contributed by atoms with E-state index in [4.69, 9.17) is 9.47 Å². The molecule has 0 aliphatic heterocycles. The molecule has 0 bridgehead atoms. The van der Waals surface area contributed by atoms with E-state index in [9.17, 15) is 9.59 Å². The Bertz CT molecular complexity index is 878. The van der Waals surface area contributed by atoms with Gasteiger partial charge in [0.2, 0.25) is 0 Å². The van der Waals surface area contributed by atoms with Gasteiger partial charge in [0.05, 0.1) is 16.9 Å². The van der Waals surface area contributed by atoms with Gasteiger partial charge in [0.15, 0.2) is 0 Å². The zero-order valence-corrected chi connectivity index (χ0v) is 33.5. The largest absolute Gasteiger partial charge is 0.463 e. The SMILES string of the molecule is CC(C)OC(=O)C(C)(CC(C)(C)C)C(C)C.CC1CC(C(C)(C)C)C(OC(=O)C(C)(CC(C)(C)C)C(C)C)C(C(C)(C)C)C1. The van der Waals surface area contributed by atoms with E-state index in [0.29, 0.717) is 17.8 Å². The fraction of sp³-hybridized carbons (Fsp3) is 0.950. The van der Waals surface area contributed by atoms with E-state index in [0.717, 1.165) is 25.7 Å². The summed E-state index contributed by atoms with van der Waals surface area (Å²) in [6.45, 7) is 45.8. The summed E-state index contributed by atoms with van der Waals surface area (Å²) >= 11 is 0. The summed E-state index contributed by atoms with van der Waals surface area (Å²) in [6.07, 6.45) is 3.95. The molecule has 1 aliphatic rings. The molecule has 1 saturated carbocycles. The van der Waals surface area contributed by atoms with Gasteiger partial charge in [-0.05, 0) is 92.8 Å². The predicted molar refractivity (Wildman–Crippen MR) is 189 cm³/mol. The van der Waals surface area contributed by atoms with Crippen molar-refractivity contribution < 1.29 is 19.1 Å². The number of ether oxygens (including phenoxy) is 2. The van der Waals surface area contributed by atoms with Gasteiger partial charge < -0.3 is 9.47 Å². The Morgan fingerprint density at radius 1 is 0.591 bits per heavy atom. The average molecular weight is 623 g/mol. The van der Waals surface area contributed by atoms with E-state index in [1.165, 1.54) is 0 Å². The third-order valence-electron chi connectivity index (χ3n) is 10.2. The van der Waals surface area contributed by atoms with Gasteiger partial charge in [-0.3, -0.25) is 9.59 Å². The smallest absolute Gasteiger partial charge is 0.312 e. The van der Waals surface area contributed by atoms with Crippen LogP contribution in [0.15, 0.2) is 0 Å². The van der Waals surface area contributed by atoms with Crippen LogP contribution in [0.3, 0.4) is 0 Å². The Balaban J connectivity index is 0.000000983. The molecule has 4 unspecified atom stereocenters. The maximum Gasteiger partial charge on any atom is 0.312 e. The van der Waals surface area contributed by atoms with Crippen LogP contribution >= 0.6 is 0 Å². The Kier molecular flexibility index (Phi) is 14.9. The standard InChI is InChI=1S/C26H50O2.C14H28O2/c1-17(2)26(13,16-23(4,5)6)22(27)28-21-19(24(7,8)9)14-18(3)15-20(21)25(10,11)12;1-10(2)14(8,9-13(5,6)7)12(15)16-11(3)4/h17-21H,14-16H2,1-13H3;10-11H,9H2,1-8H3. The Labute approximate surface area is 276 Å². The van der Waals surface area contributed by atoms with E-state index < -0.39 is 5.41 Å². The molecular weight excluding hydrogens is 544 g/mol. The van der Waals surface area contributed by atoms with Crippen molar-refractivity contribution in [2.45, 2.75) is 183 Å². The van der Waals surface area contributed by atoms with E-state index in [-0.39, 0.29) is 63.1 Å². The topological polar surface area (TPSA) is 52.6 Å². The van der Waals surface area contributed by atoms with Gasteiger partial charge in [-0.15, -0.1) is 0 Å². The Morgan fingerprint density at radius 3 is 1.16 bits per heavy atom. The summed E-state index contributed by atoms with van der Waals surface area (Å²) in [5.74, 6) is 1.97. The molecule has 4 atom stereocenters. The van der Waals surface area contributed by atoms with Crippen molar-refractivity contribution in [3.63, 3.8) is 0 Å². The predicted octanol–water partition coefficient (Wildman–Crippen LogP) is 11.8. The highest BCUT2D eigenvalue weighted by atomic mass is 16.5. The maximum atomic E-state index is 13.7. The minimum Gasteiger partial charge on any atom is -0.463 e. The maximum absolute atomic E-state index is 13.7. The molecule has 0 saturated heterocycles. The molecular formula is C40H78O4. The average Bonchev–Trinajstić information content (AvgIpc) is 2.75. The van der Waals surface area contributed by atoms with E-state index in [1.807, 2.05) is 20.8 Å². The van der Waals surface area contributed by atoms with Crippen LogP contribution in [0.25, 0.3) is 0 Å². The molecule has 0 spiro atoms. The molecule has 262 valence electrons. The lowest BCUT2D eigenvalue weighted by Gasteiger charge is -2.51. The van der Waals surface area contributed by atoms with Crippen LogP contribution in [0, 0.1) is 62.1 Å². The molecule has 4 heteroatoms. The minimum absolute atomic E-state index is 0.00161. The van der Waals surface area contributed by atoms with Crippen molar-refractivity contribution in [2.75, 3.05) is 0 Å². The second-order valence-corrected chi connectivity index (χ2v) is 20.5. The number of esters is 2. The van der Waals surface area contributed by atoms with E-state index in [1.54, 1.807) is 0 Å². The van der Waals surface area contributed by atoms with Gasteiger partial charge >= 0.3 is 11.9 Å². The van der Waals surface area contributed by atoms with Crippen LogP contribution in [0.5, 0.6) is 0 Å². The molecule has 0 N–H and O–H groups in total. The van der Waals surface area contributed by atoms with Crippen molar-refractivity contribution >= 4 is 11.9 Å². The number of rotatable bonds is 8. The molecule has 0 aromatic heterocycles. The molecule has 0 amide bonds. The Morgan fingerprint density at radius 2 is 0.909 bits per heavy atom. The normalized spacial score (nSPS) is 24.7. The van der Waals surface area contributed by atoms with Crippen molar-refractivity contribution in [1.82, 2.24) is 0 Å². The first-order valence-corrected chi connectivity index (χ1v) is 17.7. The quantitative estimate of drug-likeness (QED) is 0.253. The lowest BCUT2D eigenvalue weighted by molar-refractivity contribution is -0.184. The van der Waals surface area contributed by atoms with Crippen LogP contribution in [0.1, 0.15) is 171 Å². The molecule has 4 nitrogen and oxygen atoms in total. The zero-order valence-electron chi connectivity index (χ0n) is 33.5. The van der Waals surface area contributed by atoms with Crippen molar-refractivity contribution in [3.8, 4) is 0 Å².